The van der Waals surface area contributed by atoms with Crippen molar-refractivity contribution in [2.45, 2.75) is 0 Å². The maximum absolute atomic E-state index is 11.6. The number of nitrogens with one attached hydrogen (secondary N) is 1. The third kappa shape index (κ3) is 0.914. The average molecular weight is 202 g/mol. The fraction of sp³-hybridized carbons (Fsp3) is 0. The molecule has 2 heterocycles. The van der Waals surface area contributed by atoms with Gasteiger partial charge in [0.05, 0.1) is 6.20 Å². The molecule has 4 heteroatoms. The van der Waals surface area contributed by atoms with Crippen LogP contribution >= 0.6 is 11.3 Å². The third-order valence-electron chi connectivity index (χ3n) is 2.22. The van der Waals surface area contributed by atoms with Gasteiger partial charge < -0.3 is 0 Å². The van der Waals surface area contributed by atoms with Crippen LogP contribution in [0, 0.1) is 0 Å². The quantitative estimate of drug-likeness (QED) is 0.607. The zero-order valence-corrected chi connectivity index (χ0v) is 7.97. The molecule has 14 heavy (non-hydrogen) atoms. The second-order valence-corrected chi connectivity index (χ2v) is 4.06. The van der Waals surface area contributed by atoms with Crippen LogP contribution in [-0.4, -0.2) is 10.2 Å². The first-order valence-corrected chi connectivity index (χ1v) is 5.03. The van der Waals surface area contributed by atoms with Crippen molar-refractivity contribution in [2.75, 3.05) is 0 Å². The fourth-order valence-corrected chi connectivity index (χ4v) is 2.47. The molecule has 1 aromatic carbocycles. The molecular formula is C10H6N2OS. The molecule has 0 aliphatic heterocycles. The first-order valence-electron chi connectivity index (χ1n) is 4.21. The summed E-state index contributed by atoms with van der Waals surface area (Å²) in [4.78, 5) is 11.6. The van der Waals surface area contributed by atoms with Gasteiger partial charge in [-0.2, -0.15) is 5.10 Å². The Labute approximate surface area is 83.0 Å². The fourth-order valence-electron chi connectivity index (χ4n) is 1.58. The Morgan fingerprint density at radius 1 is 1.21 bits per heavy atom. The summed E-state index contributed by atoms with van der Waals surface area (Å²) in [6.45, 7) is 0. The Morgan fingerprint density at radius 2 is 2.07 bits per heavy atom. The standard InChI is InChI=1S/C10H6N2OS/c13-10-9-7(5-11-12-9)6-3-1-2-4-8(6)14-10/h1-5H,(H,11,12). The van der Waals surface area contributed by atoms with Crippen LogP contribution < -0.4 is 4.74 Å². The number of fused-ring (bicyclic) bond motifs is 3. The van der Waals surface area contributed by atoms with Crippen LogP contribution in [0.15, 0.2) is 35.3 Å². The second-order valence-electron chi connectivity index (χ2n) is 3.04. The van der Waals surface area contributed by atoms with Gasteiger partial charge in [-0.25, -0.2) is 0 Å². The smallest absolute Gasteiger partial charge is 0.258 e. The van der Waals surface area contributed by atoms with E-state index in [-0.39, 0.29) is 4.74 Å². The Morgan fingerprint density at radius 3 is 3.00 bits per heavy atom. The van der Waals surface area contributed by atoms with E-state index in [1.807, 2.05) is 24.3 Å². The van der Waals surface area contributed by atoms with Crippen LogP contribution in [0.1, 0.15) is 0 Å². The molecule has 0 radical (unpaired) electrons. The van der Waals surface area contributed by atoms with Crippen molar-refractivity contribution in [3.63, 3.8) is 0 Å². The summed E-state index contributed by atoms with van der Waals surface area (Å²) in [5, 5.41) is 8.61. The van der Waals surface area contributed by atoms with E-state index < -0.39 is 0 Å². The number of aromatic nitrogens is 2. The van der Waals surface area contributed by atoms with Crippen molar-refractivity contribution in [2.24, 2.45) is 0 Å². The molecule has 3 nitrogen and oxygen atoms in total. The van der Waals surface area contributed by atoms with E-state index in [1.54, 1.807) is 6.20 Å². The number of H-pyrrole nitrogens is 1. The van der Waals surface area contributed by atoms with E-state index in [2.05, 4.69) is 10.2 Å². The number of nitrogens with zero attached hydrogens (tertiary/aromatic N) is 1. The highest BCUT2D eigenvalue weighted by molar-refractivity contribution is 7.16. The molecule has 0 spiro atoms. The lowest BCUT2D eigenvalue weighted by Gasteiger charge is -1.95. The summed E-state index contributed by atoms with van der Waals surface area (Å²) >= 11 is 1.25. The maximum atomic E-state index is 11.6. The molecule has 0 atom stereocenters. The lowest BCUT2D eigenvalue weighted by molar-refractivity contribution is 1.12. The summed E-state index contributed by atoms with van der Waals surface area (Å²) in [5.74, 6) is 0. The molecule has 0 unspecified atom stereocenters. The lowest BCUT2D eigenvalue weighted by atomic mass is 10.2. The van der Waals surface area contributed by atoms with Gasteiger partial charge in [0.25, 0.3) is 4.74 Å². The summed E-state index contributed by atoms with van der Waals surface area (Å²) in [6.07, 6.45) is 1.70. The van der Waals surface area contributed by atoms with E-state index in [4.69, 9.17) is 0 Å². The Balaban J connectivity index is 2.73. The van der Waals surface area contributed by atoms with Gasteiger partial charge in [0.1, 0.15) is 5.52 Å². The minimum Gasteiger partial charge on any atom is -0.275 e. The van der Waals surface area contributed by atoms with E-state index in [0.717, 1.165) is 15.5 Å². The van der Waals surface area contributed by atoms with Gasteiger partial charge in [0, 0.05) is 15.5 Å². The molecule has 0 aliphatic rings. The van der Waals surface area contributed by atoms with Crippen molar-refractivity contribution in [3.8, 4) is 0 Å². The van der Waals surface area contributed by atoms with E-state index in [9.17, 15) is 4.79 Å². The van der Waals surface area contributed by atoms with Gasteiger partial charge in [-0.05, 0) is 6.07 Å². The molecule has 0 saturated heterocycles. The first-order chi connectivity index (χ1) is 6.86. The van der Waals surface area contributed by atoms with Crippen LogP contribution in [0.2, 0.25) is 0 Å². The summed E-state index contributed by atoms with van der Waals surface area (Å²) < 4.78 is 1.04. The topological polar surface area (TPSA) is 45.8 Å². The summed E-state index contributed by atoms with van der Waals surface area (Å²) in [5.41, 5.74) is 0.605. The van der Waals surface area contributed by atoms with Crippen LogP contribution in [0.25, 0.3) is 21.0 Å². The molecular weight excluding hydrogens is 196 g/mol. The normalized spacial score (nSPS) is 11.1. The van der Waals surface area contributed by atoms with Crippen molar-refractivity contribution in [1.82, 2.24) is 10.2 Å². The predicted molar refractivity (Wildman–Crippen MR) is 57.7 cm³/mol. The van der Waals surface area contributed by atoms with Crippen molar-refractivity contribution in [1.29, 1.82) is 0 Å². The van der Waals surface area contributed by atoms with Crippen molar-refractivity contribution >= 4 is 32.3 Å². The first kappa shape index (κ1) is 7.70. The molecule has 2 aromatic heterocycles. The zero-order valence-electron chi connectivity index (χ0n) is 7.15. The predicted octanol–water partition coefficient (Wildman–Crippen LogP) is 2.14. The lowest BCUT2D eigenvalue weighted by Crippen LogP contribution is -1.94. The van der Waals surface area contributed by atoms with E-state index >= 15 is 0 Å². The molecule has 3 aromatic rings. The van der Waals surface area contributed by atoms with Crippen LogP contribution in [0.3, 0.4) is 0 Å². The number of rotatable bonds is 0. The third-order valence-corrected chi connectivity index (χ3v) is 3.19. The van der Waals surface area contributed by atoms with Gasteiger partial charge in [0.2, 0.25) is 0 Å². The zero-order chi connectivity index (χ0) is 9.54. The van der Waals surface area contributed by atoms with Gasteiger partial charge in [-0.3, -0.25) is 9.89 Å². The minimum absolute atomic E-state index is 0.0381. The van der Waals surface area contributed by atoms with Crippen LogP contribution in [0.5, 0.6) is 0 Å². The summed E-state index contributed by atoms with van der Waals surface area (Å²) in [6, 6.07) is 7.85. The Bertz CT molecular complexity index is 668. The van der Waals surface area contributed by atoms with Crippen LogP contribution in [0.4, 0.5) is 0 Å². The highest BCUT2D eigenvalue weighted by atomic mass is 32.1. The molecule has 1 N–H and O–H groups in total. The molecule has 0 bridgehead atoms. The number of hydrogen-bond donors (Lipinski definition) is 1. The average Bonchev–Trinajstić information content (AvgIpc) is 2.67. The van der Waals surface area contributed by atoms with Crippen LogP contribution in [-0.2, 0) is 0 Å². The van der Waals surface area contributed by atoms with Crippen molar-refractivity contribution < 1.29 is 0 Å². The van der Waals surface area contributed by atoms with Gasteiger partial charge in [0.15, 0.2) is 0 Å². The largest absolute Gasteiger partial charge is 0.275 e. The highest BCUT2D eigenvalue weighted by Crippen LogP contribution is 2.23. The van der Waals surface area contributed by atoms with E-state index in [0.29, 0.717) is 5.52 Å². The monoisotopic (exact) mass is 202 g/mol. The number of benzene rings is 1. The number of hydrogen-bond acceptors (Lipinski definition) is 3. The molecule has 0 aliphatic carbocycles. The molecule has 0 amide bonds. The van der Waals surface area contributed by atoms with Crippen molar-refractivity contribution in [3.05, 3.63) is 40.0 Å². The molecule has 0 saturated carbocycles. The Kier molecular flexibility index (Phi) is 1.46. The maximum Gasteiger partial charge on any atom is 0.258 e. The molecule has 68 valence electrons. The minimum atomic E-state index is 0.0381. The Hall–Kier alpha value is -1.68. The van der Waals surface area contributed by atoms with Gasteiger partial charge in [-0.1, -0.05) is 29.5 Å². The number of aromatic amines is 1. The molecule has 3 rings (SSSR count). The second kappa shape index (κ2) is 2.65. The summed E-state index contributed by atoms with van der Waals surface area (Å²) in [7, 11) is 0. The highest BCUT2D eigenvalue weighted by Gasteiger charge is 2.05. The van der Waals surface area contributed by atoms with Gasteiger partial charge in [-0.15, -0.1) is 0 Å². The van der Waals surface area contributed by atoms with E-state index in [1.165, 1.54) is 11.3 Å². The molecule has 0 fully saturated rings. The SMILES string of the molecule is O=c1sc2ccccc2c2cn[nH]c12. The van der Waals surface area contributed by atoms with Gasteiger partial charge >= 0.3 is 0 Å².